The van der Waals surface area contributed by atoms with E-state index in [2.05, 4.69) is 4.98 Å². The summed E-state index contributed by atoms with van der Waals surface area (Å²) in [6, 6.07) is 3.79. The molecule has 1 amide bonds. The second kappa shape index (κ2) is 2.57. The van der Waals surface area contributed by atoms with Crippen molar-refractivity contribution in [2.45, 2.75) is 12.8 Å². The zero-order valence-corrected chi connectivity index (χ0v) is 6.53. The van der Waals surface area contributed by atoms with Crippen molar-refractivity contribution < 1.29 is 4.79 Å². The maximum atomic E-state index is 11.1. The molecule has 2 N–H and O–H groups in total. The highest BCUT2D eigenvalue weighted by molar-refractivity contribution is 5.93. The summed E-state index contributed by atoms with van der Waals surface area (Å²) in [4.78, 5) is 15.1. The summed E-state index contributed by atoms with van der Waals surface area (Å²) in [6.45, 7) is 0. The first-order valence-electron chi connectivity index (χ1n) is 3.80. The molecule has 0 atom stereocenters. The fourth-order valence-corrected chi connectivity index (χ4v) is 1.32. The van der Waals surface area contributed by atoms with E-state index in [0.29, 0.717) is 12.2 Å². The SMILES string of the molecule is NN1C(=O)CCc2cccnc21. The fraction of sp³-hybridized carbons (Fsp3) is 0.250. The lowest BCUT2D eigenvalue weighted by atomic mass is 10.1. The molecule has 2 heterocycles. The summed E-state index contributed by atoms with van der Waals surface area (Å²) in [5.74, 6) is 6.03. The van der Waals surface area contributed by atoms with Gasteiger partial charge in [0.05, 0.1) is 0 Å². The molecule has 4 nitrogen and oxygen atoms in total. The topological polar surface area (TPSA) is 59.2 Å². The number of nitrogens with two attached hydrogens (primary N) is 1. The number of amides is 1. The first-order chi connectivity index (χ1) is 5.79. The number of hydrazine groups is 1. The molecule has 1 aliphatic heterocycles. The molecule has 12 heavy (non-hydrogen) atoms. The van der Waals surface area contributed by atoms with Crippen LogP contribution in [0.2, 0.25) is 0 Å². The number of aromatic nitrogens is 1. The Morgan fingerprint density at radius 2 is 2.33 bits per heavy atom. The van der Waals surface area contributed by atoms with Crippen LogP contribution in [0, 0.1) is 0 Å². The van der Waals surface area contributed by atoms with Crippen LogP contribution in [-0.2, 0) is 11.2 Å². The number of carbonyl (C=O) groups excluding carboxylic acids is 1. The van der Waals surface area contributed by atoms with Crippen molar-refractivity contribution >= 4 is 11.7 Å². The van der Waals surface area contributed by atoms with Gasteiger partial charge in [-0.1, -0.05) is 6.07 Å². The van der Waals surface area contributed by atoms with Crippen molar-refractivity contribution in [2.24, 2.45) is 5.84 Å². The van der Waals surface area contributed by atoms with Crippen molar-refractivity contribution in [3.8, 4) is 0 Å². The van der Waals surface area contributed by atoms with E-state index in [1.807, 2.05) is 12.1 Å². The highest BCUT2D eigenvalue weighted by atomic mass is 16.2. The highest BCUT2D eigenvalue weighted by Crippen LogP contribution is 2.21. The van der Waals surface area contributed by atoms with Crippen molar-refractivity contribution in [1.29, 1.82) is 0 Å². The molecule has 1 aliphatic rings. The predicted octanol–water partition coefficient (Wildman–Crippen LogP) is 0.234. The Balaban J connectivity index is 2.48. The third kappa shape index (κ3) is 0.967. The second-order valence-corrected chi connectivity index (χ2v) is 2.75. The molecule has 1 aromatic heterocycles. The van der Waals surface area contributed by atoms with Crippen molar-refractivity contribution in [2.75, 3.05) is 5.01 Å². The average Bonchev–Trinajstić information content (AvgIpc) is 2.12. The molecular formula is C8H9N3O. The third-order valence-corrected chi connectivity index (χ3v) is 1.97. The zero-order valence-electron chi connectivity index (χ0n) is 6.53. The van der Waals surface area contributed by atoms with Gasteiger partial charge in [-0.15, -0.1) is 0 Å². The van der Waals surface area contributed by atoms with E-state index in [9.17, 15) is 4.79 Å². The van der Waals surface area contributed by atoms with E-state index >= 15 is 0 Å². The summed E-state index contributed by atoms with van der Waals surface area (Å²) in [5.41, 5.74) is 1.04. The van der Waals surface area contributed by atoms with Gasteiger partial charge in [-0.25, -0.2) is 15.8 Å². The monoisotopic (exact) mass is 163 g/mol. The number of carbonyl (C=O) groups is 1. The standard InChI is InChI=1S/C8H9N3O/c9-11-7(12)4-3-6-2-1-5-10-8(6)11/h1-2,5H,3-4,9H2. The van der Waals surface area contributed by atoms with Crippen LogP contribution >= 0.6 is 0 Å². The summed E-state index contributed by atoms with van der Waals surface area (Å²) in [6.07, 6.45) is 2.86. The molecule has 0 saturated carbocycles. The first kappa shape index (κ1) is 7.24. The molecule has 0 aromatic carbocycles. The predicted molar refractivity (Wildman–Crippen MR) is 44.2 cm³/mol. The Bertz CT molecular complexity index is 324. The number of pyridine rings is 1. The molecule has 0 aliphatic carbocycles. The van der Waals surface area contributed by atoms with Crippen LogP contribution in [0.15, 0.2) is 18.3 Å². The van der Waals surface area contributed by atoms with Gasteiger partial charge in [0.1, 0.15) is 0 Å². The normalized spacial score (nSPS) is 16.1. The number of hydrogen-bond acceptors (Lipinski definition) is 3. The number of aryl methyl sites for hydroxylation is 1. The molecule has 0 fully saturated rings. The molecule has 0 radical (unpaired) electrons. The Morgan fingerprint density at radius 1 is 1.50 bits per heavy atom. The summed E-state index contributed by atoms with van der Waals surface area (Å²) >= 11 is 0. The van der Waals surface area contributed by atoms with Crippen LogP contribution in [0.5, 0.6) is 0 Å². The van der Waals surface area contributed by atoms with Gasteiger partial charge in [0.25, 0.3) is 0 Å². The van der Waals surface area contributed by atoms with Gasteiger partial charge < -0.3 is 0 Å². The molecule has 2 rings (SSSR count). The zero-order chi connectivity index (χ0) is 8.55. The van der Waals surface area contributed by atoms with Crippen molar-refractivity contribution in [3.05, 3.63) is 23.9 Å². The lowest BCUT2D eigenvalue weighted by Gasteiger charge is -2.22. The van der Waals surface area contributed by atoms with Gasteiger partial charge in [-0.3, -0.25) is 4.79 Å². The van der Waals surface area contributed by atoms with E-state index in [1.54, 1.807) is 6.20 Å². The Labute approximate surface area is 70.0 Å². The molecule has 1 aromatic rings. The van der Waals surface area contributed by atoms with E-state index < -0.39 is 0 Å². The molecule has 0 spiro atoms. The third-order valence-electron chi connectivity index (χ3n) is 1.97. The van der Waals surface area contributed by atoms with Crippen LogP contribution in [0.4, 0.5) is 5.82 Å². The molecule has 4 heteroatoms. The van der Waals surface area contributed by atoms with Gasteiger partial charge in [0.2, 0.25) is 5.91 Å². The van der Waals surface area contributed by atoms with Gasteiger partial charge in [0.15, 0.2) is 5.82 Å². The second-order valence-electron chi connectivity index (χ2n) is 2.75. The van der Waals surface area contributed by atoms with E-state index in [4.69, 9.17) is 5.84 Å². The summed E-state index contributed by atoms with van der Waals surface area (Å²) in [5, 5.41) is 1.12. The van der Waals surface area contributed by atoms with Crippen LogP contribution in [0.1, 0.15) is 12.0 Å². The van der Waals surface area contributed by atoms with E-state index in [1.165, 1.54) is 0 Å². The van der Waals surface area contributed by atoms with Crippen LogP contribution in [0.25, 0.3) is 0 Å². The lowest BCUT2D eigenvalue weighted by molar-refractivity contribution is -0.119. The smallest absolute Gasteiger partial charge is 0.242 e. The van der Waals surface area contributed by atoms with Gasteiger partial charge >= 0.3 is 0 Å². The lowest BCUT2D eigenvalue weighted by Crippen LogP contribution is -2.41. The Hall–Kier alpha value is -1.42. The number of anilines is 1. The van der Waals surface area contributed by atoms with Gasteiger partial charge in [-0.2, -0.15) is 0 Å². The number of nitrogens with zero attached hydrogens (tertiary/aromatic N) is 2. The van der Waals surface area contributed by atoms with Crippen LogP contribution in [-0.4, -0.2) is 10.9 Å². The average molecular weight is 163 g/mol. The number of fused-ring (bicyclic) bond motifs is 1. The maximum absolute atomic E-state index is 11.1. The quantitative estimate of drug-likeness (QED) is 0.440. The number of rotatable bonds is 0. The molecule has 0 saturated heterocycles. The first-order valence-corrected chi connectivity index (χ1v) is 3.80. The molecule has 62 valence electrons. The maximum Gasteiger partial charge on any atom is 0.242 e. The minimum atomic E-state index is -0.0683. The highest BCUT2D eigenvalue weighted by Gasteiger charge is 2.21. The number of hydrogen-bond donors (Lipinski definition) is 1. The summed E-state index contributed by atoms with van der Waals surface area (Å²) < 4.78 is 0. The minimum absolute atomic E-state index is 0.0683. The molecule has 0 bridgehead atoms. The molecular weight excluding hydrogens is 154 g/mol. The van der Waals surface area contributed by atoms with Gasteiger partial charge in [0, 0.05) is 12.6 Å². The molecule has 0 unspecified atom stereocenters. The summed E-state index contributed by atoms with van der Waals surface area (Å²) in [7, 11) is 0. The van der Waals surface area contributed by atoms with E-state index in [0.717, 1.165) is 17.0 Å². The van der Waals surface area contributed by atoms with Crippen molar-refractivity contribution in [3.63, 3.8) is 0 Å². The van der Waals surface area contributed by atoms with Gasteiger partial charge in [-0.05, 0) is 18.1 Å². The largest absolute Gasteiger partial charge is 0.273 e. The van der Waals surface area contributed by atoms with Crippen LogP contribution < -0.4 is 10.9 Å². The Kier molecular flexibility index (Phi) is 1.55. The minimum Gasteiger partial charge on any atom is -0.273 e. The fourth-order valence-electron chi connectivity index (χ4n) is 1.32. The van der Waals surface area contributed by atoms with Crippen molar-refractivity contribution in [1.82, 2.24) is 4.98 Å². The van der Waals surface area contributed by atoms with E-state index in [-0.39, 0.29) is 5.91 Å². The van der Waals surface area contributed by atoms with Crippen LogP contribution in [0.3, 0.4) is 0 Å². The Morgan fingerprint density at radius 3 is 3.17 bits per heavy atom.